The van der Waals surface area contributed by atoms with Crippen LogP contribution >= 0.6 is 0 Å². The van der Waals surface area contributed by atoms with E-state index >= 15 is 0 Å². The lowest BCUT2D eigenvalue weighted by Crippen LogP contribution is -2.01. The van der Waals surface area contributed by atoms with Crippen molar-refractivity contribution in [2.24, 2.45) is 5.73 Å². The minimum atomic E-state index is 0.102. The molecule has 0 spiro atoms. The molecule has 0 radical (unpaired) electrons. The number of carbonyl (C=O) groups excluding carboxylic acids is 1. The molecule has 2 aromatic carbocycles. The van der Waals surface area contributed by atoms with Crippen LogP contribution in [0.1, 0.15) is 33.8 Å². The van der Waals surface area contributed by atoms with E-state index in [1.165, 1.54) is 0 Å². The summed E-state index contributed by atoms with van der Waals surface area (Å²) in [6.45, 7) is 2.47. The van der Waals surface area contributed by atoms with Gasteiger partial charge in [-0.15, -0.1) is 0 Å². The molecule has 3 aromatic rings. The second-order valence-electron chi connectivity index (χ2n) is 5.40. The summed E-state index contributed by atoms with van der Waals surface area (Å²) >= 11 is 0. The van der Waals surface area contributed by atoms with Gasteiger partial charge >= 0.3 is 0 Å². The standard InChI is InChI=1S/C18H18N2O2/c1-12-2-5-14(6-3-12)16(21)8-9-18-20-15-7-4-13(11-19)10-17(15)22-18/h2-7,10H,8-9,11,19H2,1H3. The van der Waals surface area contributed by atoms with Gasteiger partial charge in [-0.1, -0.05) is 35.9 Å². The fraction of sp³-hybridized carbons (Fsp3) is 0.222. The molecule has 0 saturated carbocycles. The molecule has 4 heteroatoms. The van der Waals surface area contributed by atoms with Gasteiger partial charge in [0.2, 0.25) is 0 Å². The van der Waals surface area contributed by atoms with E-state index in [2.05, 4.69) is 4.98 Å². The van der Waals surface area contributed by atoms with Crippen LogP contribution in [0, 0.1) is 6.92 Å². The second-order valence-corrected chi connectivity index (χ2v) is 5.40. The maximum atomic E-state index is 12.2. The number of carbonyl (C=O) groups is 1. The van der Waals surface area contributed by atoms with Gasteiger partial charge in [-0.25, -0.2) is 4.98 Å². The maximum absolute atomic E-state index is 12.2. The molecule has 0 amide bonds. The number of hydrogen-bond donors (Lipinski definition) is 1. The lowest BCUT2D eigenvalue weighted by molar-refractivity contribution is 0.0980. The van der Waals surface area contributed by atoms with E-state index in [9.17, 15) is 4.79 Å². The van der Waals surface area contributed by atoms with E-state index < -0.39 is 0 Å². The van der Waals surface area contributed by atoms with E-state index in [0.29, 0.717) is 25.3 Å². The minimum Gasteiger partial charge on any atom is -0.441 e. The van der Waals surface area contributed by atoms with Crippen LogP contribution in [0.2, 0.25) is 0 Å². The quantitative estimate of drug-likeness (QED) is 0.732. The van der Waals surface area contributed by atoms with Crippen molar-refractivity contribution in [1.29, 1.82) is 0 Å². The third-order valence-corrected chi connectivity index (χ3v) is 3.67. The lowest BCUT2D eigenvalue weighted by Gasteiger charge is -1.99. The van der Waals surface area contributed by atoms with Gasteiger partial charge in [0.15, 0.2) is 17.3 Å². The van der Waals surface area contributed by atoms with Crippen LogP contribution in [0.4, 0.5) is 0 Å². The molecule has 112 valence electrons. The SMILES string of the molecule is Cc1ccc(C(=O)CCc2nc3ccc(CN)cc3o2)cc1. The third kappa shape index (κ3) is 3.07. The Morgan fingerprint density at radius 1 is 1.18 bits per heavy atom. The molecule has 1 aromatic heterocycles. The summed E-state index contributed by atoms with van der Waals surface area (Å²) in [4.78, 5) is 16.6. The number of ketones is 1. The van der Waals surface area contributed by atoms with E-state index in [0.717, 1.165) is 27.8 Å². The number of nitrogens with zero attached hydrogens (tertiary/aromatic N) is 1. The average Bonchev–Trinajstić information content (AvgIpc) is 2.95. The molecular weight excluding hydrogens is 276 g/mol. The molecule has 0 atom stereocenters. The molecule has 22 heavy (non-hydrogen) atoms. The van der Waals surface area contributed by atoms with Crippen LogP contribution in [0.3, 0.4) is 0 Å². The summed E-state index contributed by atoms with van der Waals surface area (Å²) in [5, 5.41) is 0. The van der Waals surface area contributed by atoms with Gasteiger partial charge < -0.3 is 10.2 Å². The smallest absolute Gasteiger partial charge is 0.195 e. The molecule has 0 fully saturated rings. The van der Waals surface area contributed by atoms with Crippen LogP contribution in [0.15, 0.2) is 46.9 Å². The summed E-state index contributed by atoms with van der Waals surface area (Å²) in [6.07, 6.45) is 0.888. The molecular formula is C18H18N2O2. The zero-order chi connectivity index (χ0) is 15.5. The topological polar surface area (TPSA) is 69.1 Å². The molecule has 0 bridgehead atoms. The first-order valence-electron chi connectivity index (χ1n) is 7.34. The van der Waals surface area contributed by atoms with Crippen molar-refractivity contribution in [2.45, 2.75) is 26.3 Å². The van der Waals surface area contributed by atoms with Crippen molar-refractivity contribution in [1.82, 2.24) is 4.98 Å². The summed E-state index contributed by atoms with van der Waals surface area (Å²) < 4.78 is 5.70. The molecule has 1 heterocycles. The third-order valence-electron chi connectivity index (χ3n) is 3.67. The van der Waals surface area contributed by atoms with Gasteiger partial charge in [-0.2, -0.15) is 0 Å². The van der Waals surface area contributed by atoms with Crippen molar-refractivity contribution in [2.75, 3.05) is 0 Å². The molecule has 2 N–H and O–H groups in total. The van der Waals surface area contributed by atoms with Gasteiger partial charge in [-0.3, -0.25) is 4.79 Å². The molecule has 0 unspecified atom stereocenters. The Bertz CT molecular complexity index is 804. The summed E-state index contributed by atoms with van der Waals surface area (Å²) in [5.74, 6) is 0.689. The van der Waals surface area contributed by atoms with E-state index in [1.54, 1.807) is 0 Å². The predicted molar refractivity (Wildman–Crippen MR) is 85.7 cm³/mol. The predicted octanol–water partition coefficient (Wildman–Crippen LogP) is 3.41. The van der Waals surface area contributed by atoms with Gasteiger partial charge in [-0.05, 0) is 24.6 Å². The number of nitrogens with two attached hydrogens (primary N) is 1. The number of Topliss-reactive ketones (excluding diaryl/α,β-unsaturated/α-hetero) is 1. The minimum absolute atomic E-state index is 0.102. The molecule has 0 aliphatic carbocycles. The number of rotatable bonds is 5. The van der Waals surface area contributed by atoms with Crippen molar-refractivity contribution >= 4 is 16.9 Å². The lowest BCUT2D eigenvalue weighted by atomic mass is 10.1. The second kappa shape index (κ2) is 6.12. The zero-order valence-electron chi connectivity index (χ0n) is 12.5. The first kappa shape index (κ1) is 14.5. The molecule has 0 aliphatic heterocycles. The van der Waals surface area contributed by atoms with Crippen LogP contribution in [0.5, 0.6) is 0 Å². The number of hydrogen-bond acceptors (Lipinski definition) is 4. The van der Waals surface area contributed by atoms with Gasteiger partial charge in [0.25, 0.3) is 0 Å². The van der Waals surface area contributed by atoms with Crippen molar-refractivity contribution < 1.29 is 9.21 Å². The summed E-state index contributed by atoms with van der Waals surface area (Å²) in [6, 6.07) is 13.3. The molecule has 0 aliphatic rings. The van der Waals surface area contributed by atoms with Crippen LogP contribution < -0.4 is 5.73 Å². The fourth-order valence-electron chi connectivity index (χ4n) is 2.35. The van der Waals surface area contributed by atoms with Crippen LogP contribution in [0.25, 0.3) is 11.1 Å². The maximum Gasteiger partial charge on any atom is 0.195 e. The van der Waals surface area contributed by atoms with E-state index in [4.69, 9.17) is 10.2 Å². The summed E-state index contributed by atoms with van der Waals surface area (Å²) in [7, 11) is 0. The van der Waals surface area contributed by atoms with Gasteiger partial charge in [0.1, 0.15) is 5.52 Å². The van der Waals surface area contributed by atoms with E-state index in [-0.39, 0.29) is 5.78 Å². The van der Waals surface area contributed by atoms with Gasteiger partial charge in [0, 0.05) is 24.9 Å². The van der Waals surface area contributed by atoms with E-state index in [1.807, 2.05) is 49.4 Å². The Morgan fingerprint density at radius 2 is 1.95 bits per heavy atom. The van der Waals surface area contributed by atoms with Crippen molar-refractivity contribution in [3.05, 3.63) is 65.0 Å². The average molecular weight is 294 g/mol. The highest BCUT2D eigenvalue weighted by Gasteiger charge is 2.10. The molecule has 4 nitrogen and oxygen atoms in total. The Labute approximate surface area is 129 Å². The fourth-order valence-corrected chi connectivity index (χ4v) is 2.35. The van der Waals surface area contributed by atoms with Gasteiger partial charge in [0.05, 0.1) is 0 Å². The normalized spacial score (nSPS) is 11.0. The Morgan fingerprint density at radius 3 is 2.68 bits per heavy atom. The highest BCUT2D eigenvalue weighted by Crippen LogP contribution is 2.18. The van der Waals surface area contributed by atoms with Crippen molar-refractivity contribution in [3.8, 4) is 0 Å². The van der Waals surface area contributed by atoms with Crippen LogP contribution in [-0.2, 0) is 13.0 Å². The largest absolute Gasteiger partial charge is 0.441 e. The first-order chi connectivity index (χ1) is 10.7. The number of aryl methyl sites for hydroxylation is 2. The van der Waals surface area contributed by atoms with Crippen molar-refractivity contribution in [3.63, 3.8) is 0 Å². The number of fused-ring (bicyclic) bond motifs is 1. The van der Waals surface area contributed by atoms with Crippen LogP contribution in [-0.4, -0.2) is 10.8 Å². The Hall–Kier alpha value is -2.46. The molecule has 0 saturated heterocycles. The Kier molecular flexibility index (Phi) is 4.02. The Balaban J connectivity index is 1.70. The highest BCUT2D eigenvalue weighted by molar-refractivity contribution is 5.96. The zero-order valence-corrected chi connectivity index (χ0v) is 12.5. The monoisotopic (exact) mass is 294 g/mol. The summed E-state index contributed by atoms with van der Waals surface area (Å²) in [5.41, 5.74) is 10.0. The molecule has 3 rings (SSSR count). The highest BCUT2D eigenvalue weighted by atomic mass is 16.3. The number of aromatic nitrogens is 1. The number of oxazole rings is 1. The number of benzene rings is 2. The first-order valence-corrected chi connectivity index (χ1v) is 7.34.